The van der Waals surface area contributed by atoms with E-state index in [2.05, 4.69) is 26.2 Å². The number of nitrogens with two attached hydrogens (primary N) is 1. The molecule has 0 unspecified atom stereocenters. The van der Waals surface area contributed by atoms with Gasteiger partial charge >= 0.3 is 0 Å². The van der Waals surface area contributed by atoms with Gasteiger partial charge < -0.3 is 5.73 Å². The van der Waals surface area contributed by atoms with Gasteiger partial charge in [-0.1, -0.05) is 17.3 Å². The van der Waals surface area contributed by atoms with E-state index in [1.807, 2.05) is 48.0 Å². The molecule has 3 aromatic rings. The summed E-state index contributed by atoms with van der Waals surface area (Å²) in [5, 5.41) is 8.34. The Labute approximate surface area is 113 Å². The van der Waals surface area contributed by atoms with Crippen molar-refractivity contribution in [1.82, 2.24) is 15.0 Å². The lowest BCUT2D eigenvalue weighted by Crippen LogP contribution is -2.00. The maximum atomic E-state index is 5.88. The quantitative estimate of drug-likeness (QED) is 0.703. The van der Waals surface area contributed by atoms with Crippen LogP contribution in [0.25, 0.3) is 16.7 Å². The minimum atomic E-state index is 0.759. The Morgan fingerprint density at radius 2 is 2.00 bits per heavy atom. The second-order valence-electron chi connectivity index (χ2n) is 4.15. The Bertz CT molecular complexity index is 733. The fourth-order valence-corrected chi connectivity index (χ4v) is 2.42. The van der Waals surface area contributed by atoms with Crippen LogP contribution in [0.15, 0.2) is 40.9 Å². The SMILES string of the molecule is Cc1cc(-n2nnc3ccccc32)c(Br)cc1N. The smallest absolute Gasteiger partial charge is 0.113 e. The standard InChI is InChI=1S/C13H11BrN4/c1-8-6-13(9(14)7-10(8)15)18-12-5-3-2-4-11(12)16-17-18/h2-7H,15H2,1H3. The molecule has 0 radical (unpaired) electrons. The summed E-state index contributed by atoms with van der Waals surface area (Å²) in [6.07, 6.45) is 0. The second-order valence-corrected chi connectivity index (χ2v) is 5.00. The first-order chi connectivity index (χ1) is 8.66. The highest BCUT2D eigenvalue weighted by atomic mass is 79.9. The first kappa shape index (κ1) is 11.2. The molecule has 5 heteroatoms. The van der Waals surface area contributed by atoms with Crippen molar-refractivity contribution in [2.75, 3.05) is 5.73 Å². The summed E-state index contributed by atoms with van der Waals surface area (Å²) in [5.74, 6) is 0. The predicted octanol–water partition coefficient (Wildman–Crippen LogP) is 3.07. The maximum absolute atomic E-state index is 5.88. The number of aromatic nitrogens is 3. The number of hydrogen-bond donors (Lipinski definition) is 1. The Hall–Kier alpha value is -1.88. The number of benzene rings is 2. The van der Waals surface area contributed by atoms with Crippen molar-refractivity contribution < 1.29 is 0 Å². The van der Waals surface area contributed by atoms with Crippen molar-refractivity contribution >= 4 is 32.7 Å². The number of halogens is 1. The number of nitrogens with zero attached hydrogens (tertiary/aromatic N) is 3. The molecule has 3 rings (SSSR count). The van der Waals surface area contributed by atoms with Crippen LogP contribution in [-0.4, -0.2) is 15.0 Å². The number of aryl methyl sites for hydroxylation is 1. The number of fused-ring (bicyclic) bond motifs is 1. The van der Waals surface area contributed by atoms with Crippen LogP contribution in [-0.2, 0) is 0 Å². The average Bonchev–Trinajstić information content (AvgIpc) is 2.78. The fraction of sp³-hybridized carbons (Fsp3) is 0.0769. The van der Waals surface area contributed by atoms with Crippen LogP contribution in [0.2, 0.25) is 0 Å². The van der Waals surface area contributed by atoms with Gasteiger partial charge in [-0.2, -0.15) is 0 Å². The van der Waals surface area contributed by atoms with Gasteiger partial charge in [0, 0.05) is 10.2 Å². The molecule has 1 aromatic heterocycles. The van der Waals surface area contributed by atoms with Gasteiger partial charge in [0.05, 0.1) is 11.2 Å². The summed E-state index contributed by atoms with van der Waals surface area (Å²) in [5.41, 5.74) is 10.4. The molecule has 4 nitrogen and oxygen atoms in total. The van der Waals surface area contributed by atoms with Gasteiger partial charge in [-0.15, -0.1) is 5.10 Å². The Morgan fingerprint density at radius 3 is 2.83 bits per heavy atom. The van der Waals surface area contributed by atoms with E-state index in [1.165, 1.54) is 0 Å². The highest BCUT2D eigenvalue weighted by molar-refractivity contribution is 9.10. The van der Waals surface area contributed by atoms with Gasteiger partial charge in [0.15, 0.2) is 0 Å². The van der Waals surface area contributed by atoms with Gasteiger partial charge in [0.25, 0.3) is 0 Å². The Kier molecular flexibility index (Phi) is 2.56. The third kappa shape index (κ3) is 1.67. The molecular weight excluding hydrogens is 292 g/mol. The molecule has 0 bridgehead atoms. The van der Waals surface area contributed by atoms with Crippen molar-refractivity contribution in [3.8, 4) is 5.69 Å². The maximum Gasteiger partial charge on any atom is 0.113 e. The van der Waals surface area contributed by atoms with E-state index in [-0.39, 0.29) is 0 Å². The molecule has 2 N–H and O–H groups in total. The molecule has 0 atom stereocenters. The molecule has 2 aromatic carbocycles. The largest absolute Gasteiger partial charge is 0.398 e. The topological polar surface area (TPSA) is 56.7 Å². The van der Waals surface area contributed by atoms with Crippen LogP contribution in [0.5, 0.6) is 0 Å². The summed E-state index contributed by atoms with van der Waals surface area (Å²) < 4.78 is 2.72. The molecule has 0 saturated heterocycles. The number of anilines is 1. The number of para-hydroxylation sites is 1. The predicted molar refractivity (Wildman–Crippen MR) is 75.7 cm³/mol. The van der Waals surface area contributed by atoms with Gasteiger partial charge in [0.1, 0.15) is 5.52 Å². The molecular formula is C13H11BrN4. The number of rotatable bonds is 1. The normalized spacial score (nSPS) is 11.0. The van der Waals surface area contributed by atoms with Crippen LogP contribution in [0, 0.1) is 6.92 Å². The average molecular weight is 303 g/mol. The summed E-state index contributed by atoms with van der Waals surface area (Å²) >= 11 is 3.52. The molecule has 0 aliphatic heterocycles. The van der Waals surface area contributed by atoms with Gasteiger partial charge in [0.2, 0.25) is 0 Å². The second kappa shape index (κ2) is 4.10. The number of nitrogen functional groups attached to an aromatic ring is 1. The van der Waals surface area contributed by atoms with Crippen molar-refractivity contribution in [2.24, 2.45) is 0 Å². The summed E-state index contributed by atoms with van der Waals surface area (Å²) in [6.45, 7) is 1.98. The highest BCUT2D eigenvalue weighted by Crippen LogP contribution is 2.28. The van der Waals surface area contributed by atoms with Crippen molar-refractivity contribution in [2.45, 2.75) is 6.92 Å². The minimum absolute atomic E-state index is 0.759. The van der Waals surface area contributed by atoms with E-state index in [4.69, 9.17) is 5.73 Å². The zero-order valence-electron chi connectivity index (χ0n) is 9.76. The summed E-state index contributed by atoms with van der Waals surface area (Å²) in [7, 11) is 0. The molecule has 0 aliphatic rings. The molecule has 0 saturated carbocycles. The van der Waals surface area contributed by atoms with Crippen molar-refractivity contribution in [1.29, 1.82) is 0 Å². The summed E-state index contributed by atoms with van der Waals surface area (Å²) in [4.78, 5) is 0. The molecule has 1 heterocycles. The van der Waals surface area contributed by atoms with Crippen LogP contribution in [0.1, 0.15) is 5.56 Å². The first-order valence-corrected chi connectivity index (χ1v) is 6.32. The van der Waals surface area contributed by atoms with E-state index in [0.717, 1.165) is 32.4 Å². The van der Waals surface area contributed by atoms with E-state index < -0.39 is 0 Å². The van der Waals surface area contributed by atoms with Gasteiger partial charge in [-0.25, -0.2) is 4.68 Å². The minimum Gasteiger partial charge on any atom is -0.398 e. The lowest BCUT2D eigenvalue weighted by molar-refractivity contribution is 0.820. The van der Waals surface area contributed by atoms with Crippen molar-refractivity contribution in [3.05, 3.63) is 46.4 Å². The summed E-state index contributed by atoms with van der Waals surface area (Å²) in [6, 6.07) is 11.7. The Morgan fingerprint density at radius 1 is 1.22 bits per heavy atom. The lowest BCUT2D eigenvalue weighted by atomic mass is 10.2. The molecule has 0 spiro atoms. The van der Waals surface area contributed by atoms with Gasteiger partial charge in [-0.05, 0) is 52.7 Å². The fourth-order valence-electron chi connectivity index (χ4n) is 1.89. The third-order valence-corrected chi connectivity index (χ3v) is 3.55. The van der Waals surface area contributed by atoms with Crippen molar-refractivity contribution in [3.63, 3.8) is 0 Å². The monoisotopic (exact) mass is 302 g/mol. The first-order valence-electron chi connectivity index (χ1n) is 5.53. The molecule has 0 aliphatic carbocycles. The molecule has 0 fully saturated rings. The van der Waals surface area contributed by atoms with E-state index >= 15 is 0 Å². The zero-order valence-corrected chi connectivity index (χ0v) is 11.3. The van der Waals surface area contributed by atoms with Crippen LogP contribution < -0.4 is 5.73 Å². The molecule has 18 heavy (non-hydrogen) atoms. The lowest BCUT2D eigenvalue weighted by Gasteiger charge is -2.08. The number of hydrogen-bond acceptors (Lipinski definition) is 3. The van der Waals surface area contributed by atoms with Crippen LogP contribution in [0.4, 0.5) is 5.69 Å². The van der Waals surface area contributed by atoms with E-state index in [0.29, 0.717) is 0 Å². The third-order valence-electron chi connectivity index (χ3n) is 2.92. The van der Waals surface area contributed by atoms with Crippen LogP contribution in [0.3, 0.4) is 0 Å². The zero-order chi connectivity index (χ0) is 12.7. The highest BCUT2D eigenvalue weighted by Gasteiger charge is 2.10. The van der Waals surface area contributed by atoms with Crippen LogP contribution >= 0.6 is 15.9 Å². The van der Waals surface area contributed by atoms with E-state index in [9.17, 15) is 0 Å². The van der Waals surface area contributed by atoms with Gasteiger partial charge in [-0.3, -0.25) is 0 Å². The molecule has 0 amide bonds. The molecule has 90 valence electrons. The Balaban J connectivity index is 2.29. The van der Waals surface area contributed by atoms with E-state index in [1.54, 1.807) is 0 Å².